The van der Waals surface area contributed by atoms with Gasteiger partial charge in [0.1, 0.15) is 22.8 Å². The standard InChI is InChI=1S/C16H9N5O4S.C6H15N/c1-26(24,25)16-18-7-11-12(20-16)13(22)9(6-17)14-19-10-5-3-2-4-8(10)15(23)21(11)14;1-4-7(5-2)6-3/h2-5,7,19H,1H3;4-6H2,1-3H3. The molecule has 1 N–H and O–H groups in total. The minimum Gasteiger partial charge on any atom is -0.339 e. The van der Waals surface area contributed by atoms with Crippen LogP contribution in [0.3, 0.4) is 0 Å². The molecule has 3 aromatic heterocycles. The average molecular weight is 469 g/mol. The lowest BCUT2D eigenvalue weighted by molar-refractivity contribution is 0.321. The molecule has 0 amide bonds. The van der Waals surface area contributed by atoms with E-state index in [0.29, 0.717) is 10.9 Å². The number of pyridine rings is 1. The zero-order valence-electron chi connectivity index (χ0n) is 18.8. The van der Waals surface area contributed by atoms with Gasteiger partial charge in [0, 0.05) is 6.26 Å². The van der Waals surface area contributed by atoms with Crippen LogP contribution in [0, 0.1) is 11.3 Å². The van der Waals surface area contributed by atoms with Crippen molar-refractivity contribution in [2.45, 2.75) is 25.9 Å². The molecule has 0 saturated carbocycles. The summed E-state index contributed by atoms with van der Waals surface area (Å²) in [6.45, 7) is 10.1. The lowest BCUT2D eigenvalue weighted by Crippen LogP contribution is -2.23. The van der Waals surface area contributed by atoms with Gasteiger partial charge in [0.15, 0.2) is 0 Å². The van der Waals surface area contributed by atoms with Crippen LogP contribution in [0.15, 0.2) is 45.2 Å². The van der Waals surface area contributed by atoms with E-state index in [1.807, 2.05) is 0 Å². The number of hydrogen-bond donors (Lipinski definition) is 1. The SMILES string of the molecule is CCN(CC)CC.CS(=O)(=O)c1ncc2c(n1)c(=O)c(C#N)c1[nH]c3ccccc3c(=O)n12. The van der Waals surface area contributed by atoms with E-state index < -0.39 is 26.0 Å². The van der Waals surface area contributed by atoms with Crippen LogP contribution in [0.5, 0.6) is 0 Å². The summed E-state index contributed by atoms with van der Waals surface area (Å²) in [5, 5.41) is 9.20. The van der Waals surface area contributed by atoms with E-state index in [9.17, 15) is 23.3 Å². The molecular formula is C22H24N6O4S. The highest BCUT2D eigenvalue weighted by molar-refractivity contribution is 7.90. The zero-order chi connectivity index (χ0) is 24.3. The number of hydrogen-bond acceptors (Lipinski definition) is 8. The van der Waals surface area contributed by atoms with Gasteiger partial charge in [-0.25, -0.2) is 18.4 Å². The van der Waals surface area contributed by atoms with Gasteiger partial charge in [-0.2, -0.15) is 5.26 Å². The number of aromatic nitrogens is 4. The summed E-state index contributed by atoms with van der Waals surface area (Å²) in [6.07, 6.45) is 2.00. The number of nitrogens with one attached hydrogen (secondary N) is 1. The first-order valence-corrected chi connectivity index (χ1v) is 12.3. The van der Waals surface area contributed by atoms with Gasteiger partial charge in [0.25, 0.3) is 5.56 Å². The number of nitrogens with zero attached hydrogens (tertiary/aromatic N) is 5. The molecule has 0 spiro atoms. The molecule has 0 atom stereocenters. The van der Waals surface area contributed by atoms with Gasteiger partial charge in [-0.1, -0.05) is 32.9 Å². The van der Waals surface area contributed by atoms with E-state index in [2.05, 4.69) is 40.6 Å². The minimum absolute atomic E-state index is 0.00408. The highest BCUT2D eigenvalue weighted by Gasteiger charge is 2.20. The van der Waals surface area contributed by atoms with E-state index in [4.69, 9.17) is 0 Å². The van der Waals surface area contributed by atoms with E-state index in [0.717, 1.165) is 16.9 Å². The third kappa shape index (κ3) is 4.48. The summed E-state index contributed by atoms with van der Waals surface area (Å²) in [5.74, 6) is 0. The number of para-hydroxylation sites is 1. The average Bonchev–Trinajstić information content (AvgIpc) is 2.80. The summed E-state index contributed by atoms with van der Waals surface area (Å²) in [7, 11) is -3.77. The summed E-state index contributed by atoms with van der Waals surface area (Å²) in [6, 6.07) is 8.40. The topological polar surface area (TPSA) is 141 Å². The maximum absolute atomic E-state index is 12.9. The fourth-order valence-electron chi connectivity index (χ4n) is 3.46. The fourth-order valence-corrected chi connectivity index (χ4v) is 3.96. The molecule has 0 saturated heterocycles. The molecular weight excluding hydrogens is 444 g/mol. The lowest BCUT2D eigenvalue weighted by Gasteiger charge is -2.13. The highest BCUT2D eigenvalue weighted by atomic mass is 32.2. The summed E-state index contributed by atoms with van der Waals surface area (Å²) in [5.41, 5.74) is -1.42. The van der Waals surface area contributed by atoms with Gasteiger partial charge in [-0.3, -0.25) is 14.0 Å². The molecule has 4 aromatic rings. The Balaban J connectivity index is 0.000000383. The zero-order valence-corrected chi connectivity index (χ0v) is 19.6. The minimum atomic E-state index is -3.77. The molecule has 0 fully saturated rings. The monoisotopic (exact) mass is 468 g/mol. The number of fused-ring (bicyclic) bond motifs is 4. The van der Waals surface area contributed by atoms with Gasteiger partial charge in [-0.05, 0) is 31.8 Å². The first-order chi connectivity index (χ1) is 15.7. The van der Waals surface area contributed by atoms with Crippen LogP contribution < -0.4 is 11.0 Å². The number of aromatic amines is 1. The van der Waals surface area contributed by atoms with Gasteiger partial charge < -0.3 is 9.88 Å². The van der Waals surface area contributed by atoms with E-state index >= 15 is 0 Å². The quantitative estimate of drug-likeness (QED) is 0.271. The molecule has 0 unspecified atom stereocenters. The van der Waals surface area contributed by atoms with Crippen molar-refractivity contribution in [1.82, 2.24) is 24.3 Å². The van der Waals surface area contributed by atoms with Crippen LogP contribution in [0.1, 0.15) is 26.3 Å². The van der Waals surface area contributed by atoms with Crippen molar-refractivity contribution in [2.75, 3.05) is 25.9 Å². The molecule has 172 valence electrons. The van der Waals surface area contributed by atoms with Crippen molar-refractivity contribution in [3.8, 4) is 6.07 Å². The Labute approximate surface area is 190 Å². The molecule has 10 nitrogen and oxygen atoms in total. The third-order valence-corrected chi connectivity index (χ3v) is 6.15. The number of sulfone groups is 1. The number of H-pyrrole nitrogens is 1. The van der Waals surface area contributed by atoms with Gasteiger partial charge in [-0.15, -0.1) is 0 Å². The Kier molecular flexibility index (Phi) is 6.90. The molecule has 1 aromatic carbocycles. The van der Waals surface area contributed by atoms with E-state index in [1.54, 1.807) is 30.3 Å². The second-order valence-corrected chi connectivity index (χ2v) is 9.16. The second-order valence-electron chi connectivity index (χ2n) is 7.25. The fraction of sp³-hybridized carbons (Fsp3) is 0.318. The van der Waals surface area contributed by atoms with Crippen molar-refractivity contribution >= 4 is 37.4 Å². The summed E-state index contributed by atoms with van der Waals surface area (Å²) in [4.78, 5) is 38.4. The van der Waals surface area contributed by atoms with Crippen molar-refractivity contribution < 1.29 is 8.42 Å². The predicted octanol–water partition coefficient (Wildman–Crippen LogP) is 1.71. The summed E-state index contributed by atoms with van der Waals surface area (Å²) >= 11 is 0. The van der Waals surface area contributed by atoms with Gasteiger partial charge in [0.05, 0.1) is 22.6 Å². The van der Waals surface area contributed by atoms with Crippen molar-refractivity contribution in [3.05, 3.63) is 56.6 Å². The Morgan fingerprint density at radius 3 is 2.30 bits per heavy atom. The predicted molar refractivity (Wildman–Crippen MR) is 126 cm³/mol. The Morgan fingerprint density at radius 1 is 1.12 bits per heavy atom. The van der Waals surface area contributed by atoms with Gasteiger partial charge in [0.2, 0.25) is 20.4 Å². The molecule has 11 heteroatoms. The maximum atomic E-state index is 12.9. The van der Waals surface area contributed by atoms with Crippen LogP contribution in [0.4, 0.5) is 0 Å². The molecule has 0 bridgehead atoms. The Hall–Kier alpha value is -3.62. The number of rotatable bonds is 4. The van der Waals surface area contributed by atoms with E-state index in [1.165, 1.54) is 19.6 Å². The number of benzene rings is 1. The molecule has 0 aliphatic rings. The van der Waals surface area contributed by atoms with Gasteiger partial charge >= 0.3 is 0 Å². The van der Waals surface area contributed by atoms with E-state index in [-0.39, 0.29) is 22.2 Å². The van der Waals surface area contributed by atoms with Crippen LogP contribution in [0.2, 0.25) is 0 Å². The molecule has 0 aliphatic carbocycles. The normalized spacial score (nSPS) is 11.5. The van der Waals surface area contributed by atoms with Crippen molar-refractivity contribution in [3.63, 3.8) is 0 Å². The number of nitriles is 1. The molecule has 4 rings (SSSR count). The Bertz CT molecular complexity index is 1610. The lowest BCUT2D eigenvalue weighted by atomic mass is 10.2. The third-order valence-electron chi connectivity index (χ3n) is 5.29. The van der Waals surface area contributed by atoms with Crippen molar-refractivity contribution in [2.24, 2.45) is 0 Å². The smallest absolute Gasteiger partial charge is 0.266 e. The van der Waals surface area contributed by atoms with Crippen LogP contribution in [0.25, 0.3) is 27.6 Å². The van der Waals surface area contributed by atoms with Crippen LogP contribution in [-0.2, 0) is 9.84 Å². The first kappa shape index (κ1) is 24.0. The Morgan fingerprint density at radius 2 is 1.76 bits per heavy atom. The largest absolute Gasteiger partial charge is 0.339 e. The van der Waals surface area contributed by atoms with Crippen LogP contribution >= 0.6 is 0 Å². The molecule has 33 heavy (non-hydrogen) atoms. The molecule has 0 radical (unpaired) electrons. The second kappa shape index (κ2) is 9.48. The first-order valence-electron chi connectivity index (χ1n) is 10.4. The van der Waals surface area contributed by atoms with Crippen LogP contribution in [-0.4, -0.2) is 58.6 Å². The highest BCUT2D eigenvalue weighted by Crippen LogP contribution is 2.16. The maximum Gasteiger partial charge on any atom is 0.266 e. The molecule has 0 aliphatic heterocycles. The molecule has 3 heterocycles. The van der Waals surface area contributed by atoms with Crippen molar-refractivity contribution in [1.29, 1.82) is 5.26 Å². The summed E-state index contributed by atoms with van der Waals surface area (Å²) < 4.78 is 24.5.